The van der Waals surface area contributed by atoms with Crippen molar-refractivity contribution in [2.24, 2.45) is 0 Å². The lowest BCUT2D eigenvalue weighted by atomic mass is 9.80. The quantitative estimate of drug-likeness (QED) is 0.106. The fourth-order valence-corrected chi connectivity index (χ4v) is 3.27. The van der Waals surface area contributed by atoms with Crippen molar-refractivity contribution < 1.29 is 24.4 Å². The third-order valence-corrected chi connectivity index (χ3v) is 4.98. The Bertz CT molecular complexity index is 1330. The maximum atomic E-state index is 12.3. The van der Waals surface area contributed by atoms with Gasteiger partial charge in [-0.15, -0.1) is 0 Å². The highest BCUT2D eigenvalue weighted by Crippen LogP contribution is 2.32. The Kier molecular flexibility index (Phi) is 6.66. The summed E-state index contributed by atoms with van der Waals surface area (Å²) in [6.07, 6.45) is 0. The zero-order chi connectivity index (χ0) is 24.1. The first-order chi connectivity index (χ1) is 16.4. The fourth-order valence-electron chi connectivity index (χ4n) is 3.27. The Morgan fingerprint density at radius 2 is 1.65 bits per heavy atom. The minimum absolute atomic E-state index is 0.0460. The highest BCUT2D eigenvalue weighted by Gasteiger charge is 2.20. The summed E-state index contributed by atoms with van der Waals surface area (Å²) in [5.74, 6) is -0.293. The number of nitrogens with one attached hydrogen (secondary N) is 3. The van der Waals surface area contributed by atoms with Gasteiger partial charge in [0.1, 0.15) is 0 Å². The first kappa shape index (κ1) is 22.7. The van der Waals surface area contributed by atoms with E-state index in [0.29, 0.717) is 35.5 Å². The number of carbonyl (C=O) groups excluding carboxylic acids is 1. The van der Waals surface area contributed by atoms with Gasteiger partial charge in [-0.25, -0.2) is 4.63 Å². The molecule has 1 aromatic heterocycles. The lowest BCUT2D eigenvalue weighted by Gasteiger charge is -2.14. The van der Waals surface area contributed by atoms with Gasteiger partial charge in [0.15, 0.2) is 5.52 Å². The van der Waals surface area contributed by atoms with Crippen molar-refractivity contribution in [3.8, 4) is 0 Å². The normalized spacial score (nSPS) is 10.6. The summed E-state index contributed by atoms with van der Waals surface area (Å²) in [6.45, 7) is 0.742. The second kappa shape index (κ2) is 9.98. The van der Waals surface area contributed by atoms with Crippen molar-refractivity contribution in [2.45, 2.75) is 0 Å². The maximum absolute atomic E-state index is 12.3. The van der Waals surface area contributed by atoms with Crippen molar-refractivity contribution >= 4 is 52.3 Å². The van der Waals surface area contributed by atoms with E-state index in [9.17, 15) is 14.9 Å². The van der Waals surface area contributed by atoms with Crippen molar-refractivity contribution in [1.82, 2.24) is 15.6 Å². The molecule has 0 saturated heterocycles. The summed E-state index contributed by atoms with van der Waals surface area (Å²) < 4.78 is 4.70. The number of fused-ring (bicyclic) bond motifs is 1. The van der Waals surface area contributed by atoms with Gasteiger partial charge < -0.3 is 26.0 Å². The second-order valence-corrected chi connectivity index (χ2v) is 7.20. The Morgan fingerprint density at radius 3 is 2.35 bits per heavy atom. The number of amides is 1. The van der Waals surface area contributed by atoms with E-state index in [1.165, 1.54) is 36.4 Å². The largest absolute Gasteiger partial charge is 0.488 e. The molecular weight excluding hydrogens is 443 g/mol. The van der Waals surface area contributed by atoms with Crippen LogP contribution in [0, 0.1) is 10.1 Å². The smallest absolute Gasteiger partial charge is 0.423 e. The van der Waals surface area contributed by atoms with Crippen LogP contribution in [0.2, 0.25) is 0 Å². The highest BCUT2D eigenvalue weighted by atomic mass is 16.6. The van der Waals surface area contributed by atoms with Gasteiger partial charge in [0.05, 0.1) is 22.0 Å². The second-order valence-electron chi connectivity index (χ2n) is 7.20. The van der Waals surface area contributed by atoms with E-state index >= 15 is 0 Å². The predicted molar refractivity (Wildman–Crippen MR) is 125 cm³/mol. The molecule has 5 N–H and O–H groups in total. The third-order valence-electron chi connectivity index (χ3n) is 4.98. The molecule has 0 aliphatic carbocycles. The first-order valence-electron chi connectivity index (χ1n) is 10.2. The molecule has 1 heterocycles. The molecule has 0 aliphatic heterocycles. The number of aromatic nitrogens is 2. The van der Waals surface area contributed by atoms with Crippen LogP contribution in [0.5, 0.6) is 0 Å². The van der Waals surface area contributed by atoms with Crippen molar-refractivity contribution in [3.63, 3.8) is 0 Å². The standard InChI is InChI=1S/C21H19BN6O6/c29-21(13-5-7-14(8-6-13)22(30)31)24-12-11-23-15-3-1-2-4-16(15)25-17-9-10-18(28(32)33)20-19(17)26-34-27-20/h1-10,23,25,30-31H,11-12H2,(H,24,29). The molecule has 1 amide bonds. The van der Waals surface area contributed by atoms with Crippen LogP contribution < -0.4 is 21.4 Å². The third kappa shape index (κ3) is 4.95. The number of carbonyl (C=O) groups is 1. The number of non-ortho nitro benzene ring substituents is 1. The predicted octanol–water partition coefficient (Wildman–Crippen LogP) is 1.40. The van der Waals surface area contributed by atoms with Gasteiger partial charge in [0, 0.05) is 24.7 Å². The van der Waals surface area contributed by atoms with Crippen LogP contribution in [0.25, 0.3) is 11.0 Å². The molecule has 34 heavy (non-hydrogen) atoms. The summed E-state index contributed by atoms with van der Waals surface area (Å²) >= 11 is 0. The van der Waals surface area contributed by atoms with Crippen LogP contribution in [-0.4, -0.2) is 51.4 Å². The number of benzene rings is 3. The van der Waals surface area contributed by atoms with E-state index in [4.69, 9.17) is 14.7 Å². The molecule has 0 bridgehead atoms. The Morgan fingerprint density at radius 1 is 0.941 bits per heavy atom. The Labute approximate surface area is 192 Å². The van der Waals surface area contributed by atoms with Crippen LogP contribution in [0.15, 0.2) is 65.3 Å². The number of hydrogen-bond donors (Lipinski definition) is 5. The molecule has 0 aliphatic rings. The monoisotopic (exact) mass is 462 g/mol. The van der Waals surface area contributed by atoms with Gasteiger partial charge >= 0.3 is 12.8 Å². The molecule has 0 radical (unpaired) electrons. The Balaban J connectivity index is 1.38. The summed E-state index contributed by atoms with van der Waals surface area (Å²) in [7, 11) is -1.59. The van der Waals surface area contributed by atoms with Gasteiger partial charge in [-0.2, -0.15) is 0 Å². The van der Waals surface area contributed by atoms with Crippen molar-refractivity contribution in [2.75, 3.05) is 23.7 Å². The molecule has 0 atom stereocenters. The molecule has 172 valence electrons. The lowest BCUT2D eigenvalue weighted by molar-refractivity contribution is -0.383. The number of nitro groups is 1. The first-order valence-corrected chi connectivity index (χ1v) is 10.2. The minimum atomic E-state index is -1.59. The number of nitro benzene ring substituents is 1. The zero-order valence-electron chi connectivity index (χ0n) is 17.6. The van der Waals surface area contributed by atoms with Gasteiger partial charge in [0.25, 0.3) is 5.91 Å². The molecule has 12 nitrogen and oxygen atoms in total. The van der Waals surface area contributed by atoms with Gasteiger partial charge in [-0.05, 0) is 46.1 Å². The van der Waals surface area contributed by atoms with Crippen LogP contribution in [0.4, 0.5) is 22.7 Å². The van der Waals surface area contributed by atoms with E-state index < -0.39 is 12.0 Å². The molecule has 3 aromatic carbocycles. The lowest BCUT2D eigenvalue weighted by Crippen LogP contribution is -2.31. The van der Waals surface area contributed by atoms with Crippen LogP contribution in [0.3, 0.4) is 0 Å². The Hall–Kier alpha value is -4.49. The van der Waals surface area contributed by atoms with Crippen molar-refractivity contribution in [1.29, 1.82) is 0 Å². The summed E-state index contributed by atoms with van der Waals surface area (Å²) in [5.41, 5.74) is 2.68. The molecule has 0 spiro atoms. The van der Waals surface area contributed by atoms with E-state index in [1.807, 2.05) is 24.3 Å². The zero-order valence-corrected chi connectivity index (χ0v) is 17.6. The van der Waals surface area contributed by atoms with E-state index in [-0.39, 0.29) is 22.6 Å². The number of anilines is 3. The molecular formula is C21H19BN6O6. The number of hydrogen-bond acceptors (Lipinski definition) is 10. The molecule has 0 fully saturated rings. The molecule has 0 unspecified atom stereocenters. The average molecular weight is 462 g/mol. The van der Waals surface area contributed by atoms with E-state index in [0.717, 1.165) is 5.69 Å². The fraction of sp³-hybridized carbons (Fsp3) is 0.0952. The van der Waals surface area contributed by atoms with Crippen LogP contribution in [-0.2, 0) is 0 Å². The average Bonchev–Trinajstić information content (AvgIpc) is 3.33. The topological polar surface area (TPSA) is 176 Å². The van der Waals surface area contributed by atoms with Gasteiger partial charge in [-0.3, -0.25) is 14.9 Å². The summed E-state index contributed by atoms with van der Waals surface area (Å²) in [6, 6.07) is 16.2. The number of para-hydroxylation sites is 2. The minimum Gasteiger partial charge on any atom is -0.423 e. The van der Waals surface area contributed by atoms with Crippen LogP contribution >= 0.6 is 0 Å². The SMILES string of the molecule is O=C(NCCNc1ccccc1Nc1ccc([N+](=O)[O-])c2nonc12)c1ccc(B(O)O)cc1. The molecule has 0 saturated carbocycles. The molecule has 4 rings (SSSR count). The van der Waals surface area contributed by atoms with Crippen molar-refractivity contribution in [3.05, 3.63) is 76.3 Å². The van der Waals surface area contributed by atoms with Gasteiger partial charge in [0.2, 0.25) is 5.52 Å². The molecule has 4 aromatic rings. The van der Waals surface area contributed by atoms with Crippen LogP contribution in [0.1, 0.15) is 10.4 Å². The highest BCUT2D eigenvalue weighted by molar-refractivity contribution is 6.58. The van der Waals surface area contributed by atoms with E-state index in [2.05, 4.69) is 26.3 Å². The number of nitrogens with zero attached hydrogens (tertiary/aromatic N) is 3. The number of rotatable bonds is 9. The summed E-state index contributed by atoms with van der Waals surface area (Å²) in [5, 5.41) is 46.0. The van der Waals surface area contributed by atoms with E-state index in [1.54, 1.807) is 0 Å². The maximum Gasteiger partial charge on any atom is 0.488 e. The van der Waals surface area contributed by atoms with Gasteiger partial charge in [-0.1, -0.05) is 24.3 Å². The summed E-state index contributed by atoms with van der Waals surface area (Å²) in [4.78, 5) is 22.9. The molecule has 13 heteroatoms.